The van der Waals surface area contributed by atoms with Gasteiger partial charge in [-0.15, -0.1) is 0 Å². The van der Waals surface area contributed by atoms with Crippen molar-refractivity contribution in [2.75, 3.05) is 19.6 Å². The Morgan fingerprint density at radius 2 is 1.93 bits per heavy atom. The van der Waals surface area contributed by atoms with Crippen LogP contribution in [0.25, 0.3) is 11.1 Å². The molecule has 144 valence electrons. The van der Waals surface area contributed by atoms with Crippen LogP contribution in [0.2, 0.25) is 0 Å². The van der Waals surface area contributed by atoms with E-state index in [1.807, 2.05) is 30.3 Å². The number of rotatable bonds is 7. The summed E-state index contributed by atoms with van der Waals surface area (Å²) in [6, 6.07) is 18.5. The molecule has 0 aliphatic carbocycles. The van der Waals surface area contributed by atoms with Crippen LogP contribution in [-0.2, 0) is 10.4 Å². The van der Waals surface area contributed by atoms with Gasteiger partial charge in [-0.05, 0) is 48.9 Å². The molecule has 1 aliphatic heterocycles. The molecule has 0 radical (unpaired) electrons. The predicted molar refractivity (Wildman–Crippen MR) is 109 cm³/mol. The summed E-state index contributed by atoms with van der Waals surface area (Å²) < 4.78 is 0. The molecular formula is C23H30N2O2. The van der Waals surface area contributed by atoms with Crippen molar-refractivity contribution in [3.63, 3.8) is 0 Å². The lowest BCUT2D eigenvalue weighted by Gasteiger charge is -2.40. The van der Waals surface area contributed by atoms with Crippen molar-refractivity contribution in [3.05, 3.63) is 60.2 Å². The van der Waals surface area contributed by atoms with Crippen LogP contribution in [0.4, 0.5) is 0 Å². The second-order valence-electron chi connectivity index (χ2n) is 7.47. The van der Waals surface area contributed by atoms with Crippen LogP contribution in [0.5, 0.6) is 0 Å². The van der Waals surface area contributed by atoms with Crippen LogP contribution in [0.15, 0.2) is 54.6 Å². The third-order valence-electron chi connectivity index (χ3n) is 5.56. The van der Waals surface area contributed by atoms with Gasteiger partial charge in [-0.1, -0.05) is 54.6 Å². The molecule has 2 aromatic rings. The first-order valence-electron chi connectivity index (χ1n) is 9.94. The van der Waals surface area contributed by atoms with E-state index >= 15 is 0 Å². The zero-order chi connectivity index (χ0) is 19.1. The normalized spacial score (nSPS) is 19.3. The van der Waals surface area contributed by atoms with Gasteiger partial charge in [0.25, 0.3) is 0 Å². The van der Waals surface area contributed by atoms with Crippen LogP contribution in [0, 0.1) is 5.92 Å². The molecule has 2 atom stereocenters. The lowest BCUT2D eigenvalue weighted by atomic mass is 9.72. The SMILES string of the molecule is CC(=O)NCCCC(O)(c1ccccc1-c1ccccc1)C1CCCNC1. The Hall–Kier alpha value is -2.17. The van der Waals surface area contributed by atoms with E-state index in [0.717, 1.165) is 49.0 Å². The number of hydrogen-bond acceptors (Lipinski definition) is 3. The molecule has 3 rings (SSSR count). The first-order valence-corrected chi connectivity index (χ1v) is 9.94. The number of carbonyl (C=O) groups is 1. The maximum atomic E-state index is 12.0. The average Bonchev–Trinajstić information content (AvgIpc) is 2.72. The summed E-state index contributed by atoms with van der Waals surface area (Å²) in [4.78, 5) is 11.2. The van der Waals surface area contributed by atoms with Gasteiger partial charge >= 0.3 is 0 Å². The summed E-state index contributed by atoms with van der Waals surface area (Å²) in [5, 5.41) is 18.3. The minimum atomic E-state index is -0.918. The van der Waals surface area contributed by atoms with Crippen LogP contribution < -0.4 is 10.6 Å². The first-order chi connectivity index (χ1) is 13.1. The van der Waals surface area contributed by atoms with Crippen molar-refractivity contribution in [3.8, 4) is 11.1 Å². The van der Waals surface area contributed by atoms with Crippen molar-refractivity contribution in [1.29, 1.82) is 0 Å². The van der Waals surface area contributed by atoms with Crippen molar-refractivity contribution >= 4 is 5.91 Å². The minimum absolute atomic E-state index is 0.0254. The number of benzene rings is 2. The van der Waals surface area contributed by atoms with Gasteiger partial charge in [0, 0.05) is 25.9 Å². The molecule has 2 unspecified atom stereocenters. The average molecular weight is 367 g/mol. The highest BCUT2D eigenvalue weighted by molar-refractivity contribution is 5.72. The third kappa shape index (κ3) is 4.76. The van der Waals surface area contributed by atoms with Crippen LogP contribution in [0.1, 0.15) is 38.2 Å². The van der Waals surface area contributed by atoms with E-state index in [2.05, 4.69) is 34.9 Å². The Kier molecular flexibility index (Phi) is 6.64. The fraction of sp³-hybridized carbons (Fsp3) is 0.435. The Labute approximate surface area is 162 Å². The third-order valence-corrected chi connectivity index (χ3v) is 5.56. The maximum absolute atomic E-state index is 12.0. The van der Waals surface area contributed by atoms with Crippen molar-refractivity contribution in [2.24, 2.45) is 5.92 Å². The highest BCUT2D eigenvalue weighted by Gasteiger charge is 2.40. The summed E-state index contributed by atoms with van der Waals surface area (Å²) in [7, 11) is 0. The number of hydrogen-bond donors (Lipinski definition) is 3. The van der Waals surface area contributed by atoms with Gasteiger partial charge in [0.2, 0.25) is 5.91 Å². The summed E-state index contributed by atoms with van der Waals surface area (Å²) in [6.07, 6.45) is 3.46. The number of aliphatic hydroxyl groups is 1. The molecule has 1 aliphatic rings. The molecule has 2 aromatic carbocycles. The van der Waals surface area contributed by atoms with E-state index in [-0.39, 0.29) is 11.8 Å². The zero-order valence-corrected chi connectivity index (χ0v) is 16.1. The summed E-state index contributed by atoms with van der Waals surface area (Å²) in [6.45, 7) is 3.95. The van der Waals surface area contributed by atoms with Gasteiger partial charge in [-0.2, -0.15) is 0 Å². The molecule has 0 saturated carbocycles. The summed E-state index contributed by atoms with van der Waals surface area (Å²) in [5.74, 6) is 0.135. The topological polar surface area (TPSA) is 61.4 Å². The van der Waals surface area contributed by atoms with Gasteiger partial charge in [-0.25, -0.2) is 0 Å². The van der Waals surface area contributed by atoms with E-state index in [0.29, 0.717) is 13.0 Å². The van der Waals surface area contributed by atoms with E-state index in [4.69, 9.17) is 0 Å². The number of nitrogens with one attached hydrogen (secondary N) is 2. The van der Waals surface area contributed by atoms with Gasteiger partial charge < -0.3 is 15.7 Å². The summed E-state index contributed by atoms with van der Waals surface area (Å²) >= 11 is 0. The molecule has 0 aromatic heterocycles. The van der Waals surface area contributed by atoms with Crippen LogP contribution in [0.3, 0.4) is 0 Å². The minimum Gasteiger partial charge on any atom is -0.385 e. The Bertz CT molecular complexity index is 741. The van der Waals surface area contributed by atoms with Crippen molar-refractivity contribution < 1.29 is 9.90 Å². The molecule has 4 heteroatoms. The molecule has 1 amide bonds. The number of carbonyl (C=O) groups excluding carboxylic acids is 1. The smallest absolute Gasteiger partial charge is 0.216 e. The molecular weight excluding hydrogens is 336 g/mol. The zero-order valence-electron chi connectivity index (χ0n) is 16.1. The highest BCUT2D eigenvalue weighted by Crippen LogP contribution is 2.42. The first kappa shape index (κ1) is 19.6. The lowest BCUT2D eigenvalue weighted by molar-refractivity contribution is -0.119. The van der Waals surface area contributed by atoms with E-state index in [9.17, 15) is 9.90 Å². The van der Waals surface area contributed by atoms with Gasteiger partial charge in [-0.3, -0.25) is 4.79 Å². The second-order valence-corrected chi connectivity index (χ2v) is 7.47. The van der Waals surface area contributed by atoms with Crippen LogP contribution in [-0.4, -0.2) is 30.6 Å². The molecule has 1 heterocycles. The van der Waals surface area contributed by atoms with Gasteiger partial charge in [0.1, 0.15) is 0 Å². The Morgan fingerprint density at radius 3 is 2.63 bits per heavy atom. The number of amides is 1. The van der Waals surface area contributed by atoms with Crippen molar-refractivity contribution in [1.82, 2.24) is 10.6 Å². The quantitative estimate of drug-likeness (QED) is 0.658. The van der Waals surface area contributed by atoms with Gasteiger partial charge in [0.15, 0.2) is 0 Å². The molecule has 0 spiro atoms. The van der Waals surface area contributed by atoms with Crippen LogP contribution >= 0.6 is 0 Å². The largest absolute Gasteiger partial charge is 0.385 e. The molecule has 1 saturated heterocycles. The fourth-order valence-corrected chi connectivity index (χ4v) is 4.17. The van der Waals surface area contributed by atoms with E-state index in [1.165, 1.54) is 6.92 Å². The molecule has 1 fully saturated rings. The van der Waals surface area contributed by atoms with Gasteiger partial charge in [0.05, 0.1) is 5.60 Å². The standard InChI is InChI=1S/C23H30N2O2/c1-18(26)25-16-8-14-23(27,20-11-7-15-24-17-20)22-13-6-5-12-21(22)19-9-3-2-4-10-19/h2-6,9-10,12-13,20,24,27H,7-8,11,14-17H2,1H3,(H,25,26). The lowest BCUT2D eigenvalue weighted by Crippen LogP contribution is -2.45. The second kappa shape index (κ2) is 9.16. The molecule has 27 heavy (non-hydrogen) atoms. The Morgan fingerprint density at radius 1 is 1.19 bits per heavy atom. The number of piperidine rings is 1. The fourth-order valence-electron chi connectivity index (χ4n) is 4.17. The summed E-state index contributed by atoms with van der Waals surface area (Å²) in [5.41, 5.74) is 2.29. The predicted octanol–water partition coefficient (Wildman–Crippen LogP) is 3.46. The Balaban J connectivity index is 1.94. The molecule has 3 N–H and O–H groups in total. The highest BCUT2D eigenvalue weighted by atomic mass is 16.3. The monoisotopic (exact) mass is 366 g/mol. The maximum Gasteiger partial charge on any atom is 0.216 e. The molecule has 4 nitrogen and oxygen atoms in total. The van der Waals surface area contributed by atoms with E-state index in [1.54, 1.807) is 0 Å². The van der Waals surface area contributed by atoms with E-state index < -0.39 is 5.60 Å². The van der Waals surface area contributed by atoms with Crippen molar-refractivity contribution in [2.45, 2.75) is 38.2 Å². The molecule has 0 bridgehead atoms.